The summed E-state index contributed by atoms with van der Waals surface area (Å²) in [7, 11) is 0. The zero-order valence-electron chi connectivity index (χ0n) is 8.76. The van der Waals surface area contributed by atoms with Crippen LogP contribution in [-0.2, 0) is 11.3 Å². The monoisotopic (exact) mass is 269 g/mol. The Morgan fingerprint density at radius 2 is 1.94 bits per heavy atom. The standard InChI is InChI=1S/C10H11ClF3NO2/c11-8-5-7(6-15)1-2-9(8)16-3-4-17-10(12,13)14/h1-2,5H,3-4,6,15H2. The molecule has 3 nitrogen and oxygen atoms in total. The van der Waals surface area contributed by atoms with Crippen LogP contribution in [-0.4, -0.2) is 19.6 Å². The van der Waals surface area contributed by atoms with Crippen LogP contribution in [0.2, 0.25) is 5.02 Å². The van der Waals surface area contributed by atoms with Crippen molar-refractivity contribution < 1.29 is 22.6 Å². The minimum Gasteiger partial charge on any atom is -0.490 e. The molecule has 7 heteroatoms. The zero-order valence-corrected chi connectivity index (χ0v) is 9.52. The van der Waals surface area contributed by atoms with Crippen molar-refractivity contribution in [2.75, 3.05) is 13.2 Å². The molecule has 0 spiro atoms. The first-order chi connectivity index (χ1) is 7.92. The van der Waals surface area contributed by atoms with E-state index >= 15 is 0 Å². The summed E-state index contributed by atoms with van der Waals surface area (Å²) in [5, 5.41) is 0.306. The topological polar surface area (TPSA) is 44.5 Å². The third-order valence-electron chi connectivity index (χ3n) is 1.84. The summed E-state index contributed by atoms with van der Waals surface area (Å²) >= 11 is 5.83. The van der Waals surface area contributed by atoms with Gasteiger partial charge in [-0.15, -0.1) is 13.2 Å². The second kappa shape index (κ2) is 6.09. The number of benzene rings is 1. The van der Waals surface area contributed by atoms with E-state index in [2.05, 4.69) is 4.74 Å². The molecular weight excluding hydrogens is 259 g/mol. The van der Waals surface area contributed by atoms with Gasteiger partial charge in [-0.25, -0.2) is 0 Å². The van der Waals surface area contributed by atoms with Gasteiger partial charge < -0.3 is 10.5 Å². The van der Waals surface area contributed by atoms with Crippen LogP contribution in [0.4, 0.5) is 13.2 Å². The fourth-order valence-corrected chi connectivity index (χ4v) is 1.36. The van der Waals surface area contributed by atoms with Crippen LogP contribution in [0.25, 0.3) is 0 Å². The second-order valence-corrected chi connectivity index (χ2v) is 3.52. The molecule has 0 aromatic heterocycles. The van der Waals surface area contributed by atoms with Crippen LogP contribution in [0.5, 0.6) is 5.75 Å². The molecule has 0 atom stereocenters. The summed E-state index contributed by atoms with van der Waals surface area (Å²) < 4.78 is 43.5. The fourth-order valence-electron chi connectivity index (χ4n) is 1.10. The first-order valence-electron chi connectivity index (χ1n) is 4.74. The van der Waals surface area contributed by atoms with Crippen LogP contribution in [0, 0.1) is 0 Å². The molecule has 0 amide bonds. The summed E-state index contributed by atoms with van der Waals surface area (Å²) in [4.78, 5) is 0. The SMILES string of the molecule is NCc1ccc(OCCOC(F)(F)F)c(Cl)c1. The average molecular weight is 270 g/mol. The number of hydrogen-bond acceptors (Lipinski definition) is 3. The van der Waals surface area contributed by atoms with Crippen LogP contribution in [0.3, 0.4) is 0 Å². The number of nitrogens with two attached hydrogens (primary N) is 1. The number of ether oxygens (including phenoxy) is 2. The van der Waals surface area contributed by atoms with Crippen molar-refractivity contribution in [3.8, 4) is 5.75 Å². The molecule has 17 heavy (non-hydrogen) atoms. The van der Waals surface area contributed by atoms with E-state index in [1.807, 2.05) is 0 Å². The van der Waals surface area contributed by atoms with E-state index in [1.165, 1.54) is 0 Å². The molecule has 0 unspecified atom stereocenters. The van der Waals surface area contributed by atoms with Gasteiger partial charge in [0.15, 0.2) is 0 Å². The lowest BCUT2D eigenvalue weighted by Crippen LogP contribution is -2.18. The summed E-state index contributed by atoms with van der Waals surface area (Å²) in [5.74, 6) is 0.301. The van der Waals surface area contributed by atoms with Crippen molar-refractivity contribution >= 4 is 11.6 Å². The van der Waals surface area contributed by atoms with Gasteiger partial charge in [0.05, 0.1) is 11.6 Å². The predicted molar refractivity (Wildman–Crippen MR) is 56.8 cm³/mol. The lowest BCUT2D eigenvalue weighted by atomic mass is 10.2. The Hall–Kier alpha value is -0.980. The van der Waals surface area contributed by atoms with Gasteiger partial charge in [0.1, 0.15) is 12.4 Å². The number of rotatable bonds is 5. The van der Waals surface area contributed by atoms with Gasteiger partial charge >= 0.3 is 6.36 Å². The maximum atomic E-state index is 11.6. The molecule has 1 rings (SSSR count). The quantitative estimate of drug-likeness (QED) is 0.836. The Balaban J connectivity index is 2.42. The van der Waals surface area contributed by atoms with Crippen molar-refractivity contribution in [2.45, 2.75) is 12.9 Å². The Morgan fingerprint density at radius 1 is 1.24 bits per heavy atom. The van der Waals surface area contributed by atoms with Gasteiger partial charge in [-0.05, 0) is 17.7 Å². The second-order valence-electron chi connectivity index (χ2n) is 3.11. The first kappa shape index (κ1) is 14.1. The normalized spacial score (nSPS) is 11.6. The van der Waals surface area contributed by atoms with Crippen LogP contribution >= 0.6 is 11.6 Å². The molecule has 0 aliphatic rings. The highest BCUT2D eigenvalue weighted by Gasteiger charge is 2.28. The van der Waals surface area contributed by atoms with Crippen LogP contribution < -0.4 is 10.5 Å². The average Bonchev–Trinajstić information content (AvgIpc) is 2.24. The highest BCUT2D eigenvalue weighted by Crippen LogP contribution is 2.25. The van der Waals surface area contributed by atoms with Gasteiger partial charge in [0.2, 0.25) is 0 Å². The Kier molecular flexibility index (Phi) is 5.04. The molecule has 96 valence electrons. The molecule has 0 aliphatic carbocycles. The van der Waals surface area contributed by atoms with E-state index in [4.69, 9.17) is 22.1 Å². The maximum absolute atomic E-state index is 11.6. The smallest absolute Gasteiger partial charge is 0.490 e. The van der Waals surface area contributed by atoms with Gasteiger partial charge in [-0.2, -0.15) is 0 Å². The van der Waals surface area contributed by atoms with Crippen molar-refractivity contribution in [2.24, 2.45) is 5.73 Å². The Bertz CT molecular complexity index is 371. The summed E-state index contributed by atoms with van der Waals surface area (Å²) in [5.41, 5.74) is 6.21. The van der Waals surface area contributed by atoms with Gasteiger partial charge in [0, 0.05) is 6.54 Å². The van der Waals surface area contributed by atoms with Crippen molar-refractivity contribution in [1.82, 2.24) is 0 Å². The van der Waals surface area contributed by atoms with Gasteiger partial charge in [-0.1, -0.05) is 17.7 Å². The van der Waals surface area contributed by atoms with E-state index in [1.54, 1.807) is 18.2 Å². The molecule has 1 aromatic carbocycles. The van der Waals surface area contributed by atoms with Crippen LogP contribution in [0.15, 0.2) is 18.2 Å². The van der Waals surface area contributed by atoms with E-state index in [9.17, 15) is 13.2 Å². The molecule has 1 aromatic rings. The Morgan fingerprint density at radius 3 is 2.47 bits per heavy atom. The number of halogens is 4. The molecule has 0 aliphatic heterocycles. The fraction of sp³-hybridized carbons (Fsp3) is 0.400. The van der Waals surface area contributed by atoms with Gasteiger partial charge in [-0.3, -0.25) is 4.74 Å². The molecule has 2 N–H and O–H groups in total. The molecule has 0 heterocycles. The lowest BCUT2D eigenvalue weighted by molar-refractivity contribution is -0.325. The predicted octanol–water partition coefficient (Wildman–Crippen LogP) is 2.71. The zero-order chi connectivity index (χ0) is 12.9. The third-order valence-corrected chi connectivity index (χ3v) is 2.13. The molecular formula is C10H11ClF3NO2. The van der Waals surface area contributed by atoms with Crippen molar-refractivity contribution in [1.29, 1.82) is 0 Å². The molecule has 0 saturated carbocycles. The minimum absolute atomic E-state index is 0.235. The highest BCUT2D eigenvalue weighted by atomic mass is 35.5. The molecule has 0 fully saturated rings. The third kappa shape index (κ3) is 5.25. The summed E-state index contributed by atoms with van der Waals surface area (Å²) in [6, 6.07) is 4.84. The highest BCUT2D eigenvalue weighted by molar-refractivity contribution is 6.32. The maximum Gasteiger partial charge on any atom is 0.522 e. The van der Waals surface area contributed by atoms with E-state index in [-0.39, 0.29) is 6.61 Å². The minimum atomic E-state index is -4.64. The molecule has 0 bridgehead atoms. The number of hydrogen-bond donors (Lipinski definition) is 1. The van der Waals surface area contributed by atoms with E-state index in [0.29, 0.717) is 17.3 Å². The van der Waals surface area contributed by atoms with E-state index in [0.717, 1.165) is 5.56 Å². The summed E-state index contributed by atoms with van der Waals surface area (Å²) in [6.07, 6.45) is -4.64. The lowest BCUT2D eigenvalue weighted by Gasteiger charge is -2.10. The molecule has 0 saturated heterocycles. The largest absolute Gasteiger partial charge is 0.522 e. The van der Waals surface area contributed by atoms with E-state index < -0.39 is 13.0 Å². The summed E-state index contributed by atoms with van der Waals surface area (Å²) in [6.45, 7) is -0.489. The molecule has 0 radical (unpaired) electrons. The van der Waals surface area contributed by atoms with Crippen molar-refractivity contribution in [3.05, 3.63) is 28.8 Å². The van der Waals surface area contributed by atoms with Crippen molar-refractivity contribution in [3.63, 3.8) is 0 Å². The van der Waals surface area contributed by atoms with Crippen LogP contribution in [0.1, 0.15) is 5.56 Å². The first-order valence-corrected chi connectivity index (χ1v) is 5.12. The Labute approximate surface area is 101 Å². The van der Waals surface area contributed by atoms with Gasteiger partial charge in [0.25, 0.3) is 0 Å². The number of alkyl halides is 3.